The fourth-order valence-electron chi connectivity index (χ4n) is 1.35. The van der Waals surface area contributed by atoms with Crippen molar-refractivity contribution in [3.05, 3.63) is 34.4 Å². The van der Waals surface area contributed by atoms with Crippen molar-refractivity contribution < 1.29 is 9.72 Å². The maximum absolute atomic E-state index is 11.4. The van der Waals surface area contributed by atoms with Gasteiger partial charge in [-0.3, -0.25) is 14.9 Å². The minimum Gasteiger partial charge on any atom is -0.371 e. The quantitative estimate of drug-likeness (QED) is 0.392. The van der Waals surface area contributed by atoms with Gasteiger partial charge in [-0.05, 0) is 19.0 Å². The van der Waals surface area contributed by atoms with Gasteiger partial charge >= 0.3 is 0 Å². The molecule has 7 nitrogen and oxygen atoms in total. The summed E-state index contributed by atoms with van der Waals surface area (Å²) in [6, 6.07) is 6.19. The number of nitro groups is 1. The van der Waals surface area contributed by atoms with Crippen LogP contribution in [0.15, 0.2) is 24.3 Å². The lowest BCUT2D eigenvalue weighted by molar-refractivity contribution is -0.383. The standard InChI is InChI=1S/C11H16N4O3.ClH/c12-6-3-7-13-11(16)8-14-9-4-1-2-5-10(9)15(17)18;/h1-2,4-5,14H,3,6-8,12H2,(H,13,16);1H. The summed E-state index contributed by atoms with van der Waals surface area (Å²) in [6.07, 6.45) is 0.706. The van der Waals surface area contributed by atoms with Gasteiger partial charge in [0.1, 0.15) is 5.69 Å². The number of carbonyl (C=O) groups is 1. The summed E-state index contributed by atoms with van der Waals surface area (Å²) in [4.78, 5) is 21.6. The molecular weight excluding hydrogens is 272 g/mol. The van der Waals surface area contributed by atoms with Gasteiger partial charge in [0.25, 0.3) is 5.69 Å². The second-order valence-corrected chi connectivity index (χ2v) is 3.62. The number of benzene rings is 1. The molecular formula is C11H17ClN4O3. The third kappa shape index (κ3) is 6.03. The number of hydrogen-bond donors (Lipinski definition) is 3. The normalized spacial score (nSPS) is 9.32. The van der Waals surface area contributed by atoms with Crippen molar-refractivity contribution in [2.24, 2.45) is 5.73 Å². The molecule has 106 valence electrons. The van der Waals surface area contributed by atoms with Crippen LogP contribution in [0.3, 0.4) is 0 Å². The Morgan fingerprint density at radius 2 is 2.05 bits per heavy atom. The maximum atomic E-state index is 11.4. The molecule has 1 rings (SSSR count). The van der Waals surface area contributed by atoms with Crippen molar-refractivity contribution in [1.29, 1.82) is 0 Å². The van der Waals surface area contributed by atoms with Crippen LogP contribution < -0.4 is 16.4 Å². The average Bonchev–Trinajstić information content (AvgIpc) is 2.37. The van der Waals surface area contributed by atoms with Crippen LogP contribution >= 0.6 is 12.4 Å². The smallest absolute Gasteiger partial charge is 0.292 e. The maximum Gasteiger partial charge on any atom is 0.292 e. The van der Waals surface area contributed by atoms with Crippen LogP contribution in [0.4, 0.5) is 11.4 Å². The van der Waals surface area contributed by atoms with Crippen molar-refractivity contribution in [3.63, 3.8) is 0 Å². The first-order valence-corrected chi connectivity index (χ1v) is 5.59. The second kappa shape index (κ2) is 9.12. The third-order valence-corrected chi connectivity index (χ3v) is 2.24. The molecule has 0 spiro atoms. The summed E-state index contributed by atoms with van der Waals surface area (Å²) in [5.41, 5.74) is 5.57. The predicted octanol–water partition coefficient (Wildman–Crippen LogP) is 0.893. The Hall–Kier alpha value is -1.86. The highest BCUT2D eigenvalue weighted by molar-refractivity contribution is 5.85. The Balaban J connectivity index is 0.00000324. The van der Waals surface area contributed by atoms with E-state index in [1.54, 1.807) is 18.2 Å². The molecule has 0 fully saturated rings. The van der Waals surface area contributed by atoms with E-state index in [0.717, 1.165) is 0 Å². The van der Waals surface area contributed by atoms with Gasteiger partial charge < -0.3 is 16.4 Å². The van der Waals surface area contributed by atoms with E-state index in [1.807, 2.05) is 0 Å². The highest BCUT2D eigenvalue weighted by atomic mass is 35.5. The third-order valence-electron chi connectivity index (χ3n) is 2.24. The lowest BCUT2D eigenvalue weighted by Crippen LogP contribution is -2.31. The molecule has 0 bridgehead atoms. The Labute approximate surface area is 117 Å². The number of anilines is 1. The summed E-state index contributed by atoms with van der Waals surface area (Å²) in [6.45, 7) is 1.02. The van der Waals surface area contributed by atoms with Gasteiger partial charge in [0.05, 0.1) is 11.5 Å². The van der Waals surface area contributed by atoms with Gasteiger partial charge in [-0.15, -0.1) is 12.4 Å². The Morgan fingerprint density at radius 3 is 2.68 bits per heavy atom. The van der Waals surface area contributed by atoms with Crippen molar-refractivity contribution in [3.8, 4) is 0 Å². The van der Waals surface area contributed by atoms with Crippen LogP contribution in [0, 0.1) is 10.1 Å². The van der Waals surface area contributed by atoms with Gasteiger partial charge in [0.15, 0.2) is 0 Å². The zero-order valence-corrected chi connectivity index (χ0v) is 11.1. The van der Waals surface area contributed by atoms with Gasteiger partial charge in [-0.25, -0.2) is 0 Å². The van der Waals surface area contributed by atoms with E-state index < -0.39 is 4.92 Å². The Bertz CT molecular complexity index is 428. The number of amides is 1. The van der Waals surface area contributed by atoms with Gasteiger partial charge in [0.2, 0.25) is 5.91 Å². The molecule has 0 aliphatic carbocycles. The average molecular weight is 289 g/mol. The van der Waals surface area contributed by atoms with Gasteiger partial charge in [-0.2, -0.15) is 0 Å². The zero-order chi connectivity index (χ0) is 13.4. The number of nitrogens with zero attached hydrogens (tertiary/aromatic N) is 1. The lowest BCUT2D eigenvalue weighted by atomic mass is 10.2. The zero-order valence-electron chi connectivity index (χ0n) is 10.3. The molecule has 8 heteroatoms. The first-order chi connectivity index (χ1) is 8.65. The molecule has 0 saturated heterocycles. The molecule has 19 heavy (non-hydrogen) atoms. The highest BCUT2D eigenvalue weighted by Crippen LogP contribution is 2.22. The number of rotatable bonds is 7. The molecule has 1 amide bonds. The lowest BCUT2D eigenvalue weighted by Gasteiger charge is -2.07. The summed E-state index contributed by atoms with van der Waals surface area (Å²) in [7, 11) is 0. The minimum absolute atomic E-state index is 0. The largest absolute Gasteiger partial charge is 0.371 e. The molecule has 0 saturated carbocycles. The van der Waals surface area contributed by atoms with Crippen LogP contribution in [0.1, 0.15) is 6.42 Å². The molecule has 0 aliphatic rings. The fraction of sp³-hybridized carbons (Fsp3) is 0.364. The van der Waals surface area contributed by atoms with Crippen molar-refractivity contribution >= 4 is 29.7 Å². The van der Waals surface area contributed by atoms with Crippen molar-refractivity contribution in [2.45, 2.75) is 6.42 Å². The van der Waals surface area contributed by atoms with E-state index in [9.17, 15) is 14.9 Å². The molecule has 0 unspecified atom stereocenters. The first kappa shape index (κ1) is 17.1. The van der Waals surface area contributed by atoms with Crippen LogP contribution in [0.2, 0.25) is 0 Å². The Morgan fingerprint density at radius 1 is 1.37 bits per heavy atom. The highest BCUT2D eigenvalue weighted by Gasteiger charge is 2.12. The molecule has 0 aliphatic heterocycles. The molecule has 0 atom stereocenters. The number of nitrogens with two attached hydrogens (primary N) is 1. The molecule has 1 aromatic carbocycles. The molecule has 0 radical (unpaired) electrons. The number of hydrogen-bond acceptors (Lipinski definition) is 5. The van der Waals surface area contributed by atoms with E-state index in [-0.39, 0.29) is 30.5 Å². The predicted molar refractivity (Wildman–Crippen MR) is 75.5 cm³/mol. The van der Waals surface area contributed by atoms with Crippen LogP contribution in [0.25, 0.3) is 0 Å². The van der Waals surface area contributed by atoms with Crippen molar-refractivity contribution in [1.82, 2.24) is 5.32 Å². The Kier molecular flexibility index (Phi) is 8.23. The molecule has 0 heterocycles. The van der Waals surface area contributed by atoms with E-state index in [0.29, 0.717) is 25.2 Å². The summed E-state index contributed by atoms with van der Waals surface area (Å²) in [5, 5.41) is 16.1. The van der Waals surface area contributed by atoms with E-state index in [4.69, 9.17) is 5.73 Å². The summed E-state index contributed by atoms with van der Waals surface area (Å²) >= 11 is 0. The second-order valence-electron chi connectivity index (χ2n) is 3.62. The topological polar surface area (TPSA) is 110 Å². The number of halogens is 1. The van der Waals surface area contributed by atoms with Crippen LogP contribution in [0.5, 0.6) is 0 Å². The molecule has 4 N–H and O–H groups in total. The van der Waals surface area contributed by atoms with Gasteiger partial charge in [-0.1, -0.05) is 12.1 Å². The number of nitro benzene ring substituents is 1. The first-order valence-electron chi connectivity index (χ1n) is 5.59. The fourth-order valence-corrected chi connectivity index (χ4v) is 1.35. The van der Waals surface area contributed by atoms with Crippen LogP contribution in [-0.2, 0) is 4.79 Å². The molecule has 1 aromatic rings. The monoisotopic (exact) mass is 288 g/mol. The summed E-state index contributed by atoms with van der Waals surface area (Å²) in [5.74, 6) is -0.221. The summed E-state index contributed by atoms with van der Waals surface area (Å²) < 4.78 is 0. The molecule has 0 aromatic heterocycles. The van der Waals surface area contributed by atoms with Crippen molar-refractivity contribution in [2.75, 3.05) is 25.0 Å². The van der Waals surface area contributed by atoms with E-state index >= 15 is 0 Å². The number of carbonyl (C=O) groups excluding carboxylic acids is 1. The number of nitrogens with one attached hydrogen (secondary N) is 2. The van der Waals surface area contributed by atoms with Gasteiger partial charge in [0, 0.05) is 12.6 Å². The SMILES string of the molecule is Cl.NCCCNC(=O)CNc1ccccc1[N+](=O)[O-]. The van der Waals surface area contributed by atoms with Crippen LogP contribution in [-0.4, -0.2) is 30.5 Å². The van der Waals surface area contributed by atoms with E-state index in [2.05, 4.69) is 10.6 Å². The minimum atomic E-state index is -0.491. The number of para-hydroxylation sites is 2. The van der Waals surface area contributed by atoms with E-state index in [1.165, 1.54) is 6.07 Å².